The quantitative estimate of drug-likeness (QED) is 0.823. The fourth-order valence-electron chi connectivity index (χ4n) is 2.08. The molecule has 0 radical (unpaired) electrons. The average molecular weight is 384 g/mol. The molecular weight excluding hydrogens is 364 g/mol. The number of methoxy groups -OCH3 is 1. The summed E-state index contributed by atoms with van der Waals surface area (Å²) in [6.07, 6.45) is 0. The Balaban J connectivity index is 2.32. The van der Waals surface area contributed by atoms with Gasteiger partial charge in [0, 0.05) is 14.1 Å². The summed E-state index contributed by atoms with van der Waals surface area (Å²) in [6.45, 7) is 1.76. The van der Waals surface area contributed by atoms with Gasteiger partial charge in [-0.2, -0.15) is 0 Å². The lowest BCUT2D eigenvalue weighted by molar-refractivity contribution is 0.414. The summed E-state index contributed by atoms with van der Waals surface area (Å²) in [5.41, 5.74) is 1.13. The SMILES string of the molecule is COc1ccc(NS(=O)(=O)c2ccc(S(=O)(=O)N(C)C)cc2)c(C)c1. The van der Waals surface area contributed by atoms with Gasteiger partial charge >= 0.3 is 0 Å². The maximum Gasteiger partial charge on any atom is 0.261 e. The number of hydrogen-bond acceptors (Lipinski definition) is 5. The Labute approximate surface area is 148 Å². The minimum atomic E-state index is -3.84. The largest absolute Gasteiger partial charge is 0.497 e. The predicted molar refractivity (Wildman–Crippen MR) is 95.9 cm³/mol. The summed E-state index contributed by atoms with van der Waals surface area (Å²) in [5.74, 6) is 0.624. The summed E-state index contributed by atoms with van der Waals surface area (Å²) in [5, 5.41) is 0. The van der Waals surface area contributed by atoms with Crippen molar-refractivity contribution >= 4 is 25.7 Å². The van der Waals surface area contributed by atoms with Crippen molar-refractivity contribution in [3.63, 3.8) is 0 Å². The Hall–Kier alpha value is -2.10. The normalized spacial score (nSPS) is 12.2. The molecule has 0 amide bonds. The molecule has 2 aromatic carbocycles. The first kappa shape index (κ1) is 19.2. The average Bonchev–Trinajstić information content (AvgIpc) is 2.56. The van der Waals surface area contributed by atoms with E-state index in [4.69, 9.17) is 4.74 Å². The Morgan fingerprint density at radius 2 is 1.48 bits per heavy atom. The van der Waals surface area contributed by atoms with Crippen molar-refractivity contribution in [2.45, 2.75) is 16.7 Å². The summed E-state index contributed by atoms with van der Waals surface area (Å²) >= 11 is 0. The van der Waals surface area contributed by atoms with Crippen LogP contribution in [0.3, 0.4) is 0 Å². The predicted octanol–water partition coefficient (Wildman–Crippen LogP) is 2.05. The monoisotopic (exact) mass is 384 g/mol. The van der Waals surface area contributed by atoms with Crippen LogP contribution < -0.4 is 9.46 Å². The van der Waals surface area contributed by atoms with Crippen LogP contribution in [-0.2, 0) is 20.0 Å². The van der Waals surface area contributed by atoms with Gasteiger partial charge in [0.1, 0.15) is 5.75 Å². The molecule has 0 aliphatic heterocycles. The summed E-state index contributed by atoms with van der Waals surface area (Å²) in [7, 11) is -3.09. The highest BCUT2D eigenvalue weighted by molar-refractivity contribution is 7.92. The van der Waals surface area contributed by atoms with Crippen LogP contribution in [0.1, 0.15) is 5.56 Å². The number of rotatable bonds is 6. The summed E-state index contributed by atoms with van der Waals surface area (Å²) in [6, 6.07) is 10.0. The minimum absolute atomic E-state index is 0.0251. The second kappa shape index (κ2) is 7.03. The van der Waals surface area contributed by atoms with Crippen LogP contribution in [0.4, 0.5) is 5.69 Å². The number of ether oxygens (including phenoxy) is 1. The van der Waals surface area contributed by atoms with Crippen molar-refractivity contribution in [3.8, 4) is 5.75 Å². The maximum absolute atomic E-state index is 12.5. The Morgan fingerprint density at radius 1 is 0.920 bits per heavy atom. The van der Waals surface area contributed by atoms with Gasteiger partial charge in [0.05, 0.1) is 22.6 Å². The number of anilines is 1. The van der Waals surface area contributed by atoms with Gasteiger partial charge in [-0.1, -0.05) is 0 Å². The molecule has 0 bridgehead atoms. The molecule has 9 heteroatoms. The molecule has 7 nitrogen and oxygen atoms in total. The fourth-order valence-corrected chi connectivity index (χ4v) is 4.12. The number of hydrogen-bond donors (Lipinski definition) is 1. The van der Waals surface area contributed by atoms with E-state index in [1.54, 1.807) is 25.1 Å². The molecule has 2 rings (SSSR count). The first-order chi connectivity index (χ1) is 11.6. The highest BCUT2D eigenvalue weighted by atomic mass is 32.2. The molecule has 0 unspecified atom stereocenters. The smallest absolute Gasteiger partial charge is 0.261 e. The third kappa shape index (κ3) is 4.12. The van der Waals surface area contributed by atoms with E-state index in [1.807, 2.05) is 0 Å². The molecule has 0 aromatic heterocycles. The van der Waals surface area contributed by atoms with Crippen LogP contribution in [0.2, 0.25) is 0 Å². The topological polar surface area (TPSA) is 92.8 Å². The van der Waals surface area contributed by atoms with Crippen LogP contribution in [0.15, 0.2) is 52.3 Å². The molecule has 0 saturated heterocycles. The van der Waals surface area contributed by atoms with E-state index in [9.17, 15) is 16.8 Å². The molecule has 136 valence electrons. The lowest BCUT2D eigenvalue weighted by Crippen LogP contribution is -2.22. The Bertz CT molecular complexity index is 966. The molecule has 0 heterocycles. The zero-order valence-electron chi connectivity index (χ0n) is 14.3. The van der Waals surface area contributed by atoms with E-state index >= 15 is 0 Å². The molecule has 1 N–H and O–H groups in total. The molecular formula is C16H20N2O5S2. The number of nitrogens with zero attached hydrogens (tertiary/aromatic N) is 1. The Morgan fingerprint density at radius 3 is 1.96 bits per heavy atom. The number of nitrogens with one attached hydrogen (secondary N) is 1. The van der Waals surface area contributed by atoms with E-state index < -0.39 is 20.0 Å². The molecule has 25 heavy (non-hydrogen) atoms. The lowest BCUT2D eigenvalue weighted by atomic mass is 10.2. The molecule has 0 aliphatic carbocycles. The van der Waals surface area contributed by atoms with Crippen molar-refractivity contribution in [1.29, 1.82) is 0 Å². The van der Waals surface area contributed by atoms with Crippen molar-refractivity contribution in [2.75, 3.05) is 25.9 Å². The van der Waals surface area contributed by atoms with Gasteiger partial charge in [0.25, 0.3) is 10.0 Å². The number of aryl methyl sites for hydroxylation is 1. The van der Waals surface area contributed by atoms with Crippen LogP contribution in [-0.4, -0.2) is 42.3 Å². The second-order valence-corrected chi connectivity index (χ2v) is 9.38. The zero-order valence-corrected chi connectivity index (χ0v) is 16.0. The molecule has 0 saturated carbocycles. The van der Waals surface area contributed by atoms with E-state index in [2.05, 4.69) is 4.72 Å². The van der Waals surface area contributed by atoms with Crippen molar-refractivity contribution < 1.29 is 21.6 Å². The van der Waals surface area contributed by atoms with Crippen molar-refractivity contribution in [1.82, 2.24) is 4.31 Å². The zero-order chi connectivity index (χ0) is 18.8. The van der Waals surface area contributed by atoms with Gasteiger partial charge in [-0.05, 0) is 55.0 Å². The van der Waals surface area contributed by atoms with Crippen molar-refractivity contribution in [2.24, 2.45) is 0 Å². The molecule has 0 spiro atoms. The molecule has 0 atom stereocenters. The Kier molecular flexibility index (Phi) is 5.40. The highest BCUT2D eigenvalue weighted by Crippen LogP contribution is 2.24. The van der Waals surface area contributed by atoms with Gasteiger partial charge in [-0.25, -0.2) is 21.1 Å². The standard InChI is InChI=1S/C16H20N2O5S2/c1-12-11-13(23-4)5-10-16(12)17-24(19,20)14-6-8-15(9-7-14)25(21,22)18(2)3/h5-11,17H,1-4H3. The lowest BCUT2D eigenvalue weighted by Gasteiger charge is -2.13. The van der Waals surface area contributed by atoms with E-state index in [-0.39, 0.29) is 9.79 Å². The number of sulfonamides is 2. The highest BCUT2D eigenvalue weighted by Gasteiger charge is 2.20. The molecule has 0 fully saturated rings. The maximum atomic E-state index is 12.5. The van der Waals surface area contributed by atoms with E-state index in [0.717, 1.165) is 4.31 Å². The van der Waals surface area contributed by atoms with Crippen LogP contribution in [0.25, 0.3) is 0 Å². The molecule has 0 aliphatic rings. The van der Waals surface area contributed by atoms with Gasteiger partial charge in [-0.3, -0.25) is 4.72 Å². The van der Waals surface area contributed by atoms with Gasteiger partial charge < -0.3 is 4.74 Å². The second-order valence-electron chi connectivity index (χ2n) is 5.55. The van der Waals surface area contributed by atoms with E-state index in [1.165, 1.54) is 45.5 Å². The molecule has 2 aromatic rings. The third-order valence-electron chi connectivity index (χ3n) is 3.59. The number of benzene rings is 2. The van der Waals surface area contributed by atoms with Gasteiger partial charge in [0.15, 0.2) is 0 Å². The minimum Gasteiger partial charge on any atom is -0.497 e. The van der Waals surface area contributed by atoms with Gasteiger partial charge in [-0.15, -0.1) is 0 Å². The summed E-state index contributed by atoms with van der Waals surface area (Å²) in [4.78, 5) is -0.00231. The fraction of sp³-hybridized carbons (Fsp3) is 0.250. The third-order valence-corrected chi connectivity index (χ3v) is 6.80. The summed E-state index contributed by atoms with van der Waals surface area (Å²) < 4.78 is 57.7. The first-order valence-electron chi connectivity index (χ1n) is 7.28. The van der Waals surface area contributed by atoms with Crippen LogP contribution >= 0.6 is 0 Å². The van der Waals surface area contributed by atoms with Gasteiger partial charge in [0.2, 0.25) is 10.0 Å². The van der Waals surface area contributed by atoms with E-state index in [0.29, 0.717) is 17.0 Å². The van der Waals surface area contributed by atoms with Crippen molar-refractivity contribution in [3.05, 3.63) is 48.0 Å². The van der Waals surface area contributed by atoms with Crippen LogP contribution in [0, 0.1) is 6.92 Å². The first-order valence-corrected chi connectivity index (χ1v) is 10.2. The van der Waals surface area contributed by atoms with Crippen LogP contribution in [0.5, 0.6) is 5.75 Å².